The summed E-state index contributed by atoms with van der Waals surface area (Å²) in [6, 6.07) is 0. The Kier molecular flexibility index (Phi) is 14.9. The van der Waals surface area contributed by atoms with Gasteiger partial charge in [-0.25, -0.2) is 0 Å². The fourth-order valence-electron chi connectivity index (χ4n) is 10.00. The van der Waals surface area contributed by atoms with Gasteiger partial charge in [-0.1, -0.05) is 27.7 Å². The number of methoxy groups -OCH3 is 1. The molecule has 2 N–H and O–H groups in total. The second-order valence-corrected chi connectivity index (χ2v) is 17.6. The lowest BCUT2D eigenvalue weighted by Gasteiger charge is -2.46. The van der Waals surface area contributed by atoms with Crippen LogP contribution in [0.3, 0.4) is 0 Å². The van der Waals surface area contributed by atoms with Crippen molar-refractivity contribution >= 4 is 0 Å². The highest BCUT2D eigenvalue weighted by Gasteiger charge is 2.42. The molecule has 8 nitrogen and oxygen atoms in total. The fraction of sp³-hybridized carbons (Fsp3) is 1.00. The molecule has 0 aromatic rings. The van der Waals surface area contributed by atoms with Gasteiger partial charge in [-0.3, -0.25) is 0 Å². The van der Waals surface area contributed by atoms with E-state index in [4.69, 9.17) is 28.4 Å². The lowest BCUT2D eigenvalue weighted by molar-refractivity contribution is -0.0888. The van der Waals surface area contributed by atoms with Crippen LogP contribution in [-0.4, -0.2) is 99.7 Å². The zero-order valence-corrected chi connectivity index (χ0v) is 31.3. The van der Waals surface area contributed by atoms with Gasteiger partial charge in [0.25, 0.3) is 0 Å². The fourth-order valence-corrected chi connectivity index (χ4v) is 10.00. The number of rotatable bonds is 18. The van der Waals surface area contributed by atoms with Crippen molar-refractivity contribution in [2.75, 3.05) is 46.8 Å². The molecule has 1 aliphatic heterocycles. The second kappa shape index (κ2) is 18.4. The summed E-state index contributed by atoms with van der Waals surface area (Å²) in [4.78, 5) is 0. The molecular formula is C40H72O8. The van der Waals surface area contributed by atoms with Gasteiger partial charge in [-0.2, -0.15) is 0 Å². The van der Waals surface area contributed by atoms with Gasteiger partial charge in [0.2, 0.25) is 0 Å². The molecule has 1 saturated heterocycles. The Morgan fingerprint density at radius 2 is 0.792 bits per heavy atom. The van der Waals surface area contributed by atoms with E-state index >= 15 is 0 Å². The van der Waals surface area contributed by atoms with Crippen LogP contribution < -0.4 is 0 Å². The summed E-state index contributed by atoms with van der Waals surface area (Å²) in [5.74, 6) is 2.97. The first-order chi connectivity index (χ1) is 23.0. The van der Waals surface area contributed by atoms with Crippen LogP contribution in [0.1, 0.15) is 130 Å². The number of aliphatic hydroxyl groups excluding tert-OH is 2. The third kappa shape index (κ3) is 11.3. The van der Waals surface area contributed by atoms with E-state index in [1.165, 1.54) is 64.2 Å². The van der Waals surface area contributed by atoms with E-state index in [0.717, 1.165) is 69.5 Å². The third-order valence-corrected chi connectivity index (χ3v) is 13.8. The van der Waals surface area contributed by atoms with Gasteiger partial charge < -0.3 is 38.6 Å². The van der Waals surface area contributed by atoms with Crippen molar-refractivity contribution in [3.63, 3.8) is 0 Å². The maximum Gasteiger partial charge on any atom is 0.104 e. The minimum atomic E-state index is -0.551. The molecule has 5 rings (SSSR count). The number of aliphatic hydroxyl groups is 2. The molecule has 0 spiro atoms. The van der Waals surface area contributed by atoms with Gasteiger partial charge in [0.1, 0.15) is 18.3 Å². The molecule has 1 heterocycles. The molecule has 0 amide bonds. The highest BCUT2D eigenvalue weighted by Crippen LogP contribution is 2.50. The molecule has 5 aliphatic rings. The molecule has 3 unspecified atom stereocenters. The van der Waals surface area contributed by atoms with Gasteiger partial charge in [-0.15, -0.1) is 0 Å². The summed E-state index contributed by atoms with van der Waals surface area (Å²) >= 11 is 0. The van der Waals surface area contributed by atoms with Crippen LogP contribution in [0.5, 0.6) is 0 Å². The zero-order chi connectivity index (χ0) is 34.1. The van der Waals surface area contributed by atoms with E-state index in [0.29, 0.717) is 55.4 Å². The largest absolute Gasteiger partial charge is 0.388 e. The lowest BCUT2D eigenvalue weighted by atomic mass is 9.60. The van der Waals surface area contributed by atoms with Crippen molar-refractivity contribution in [2.24, 2.45) is 34.5 Å². The Morgan fingerprint density at radius 1 is 0.500 bits per heavy atom. The highest BCUT2D eigenvalue weighted by molar-refractivity contribution is 4.92. The van der Waals surface area contributed by atoms with Crippen molar-refractivity contribution in [1.29, 1.82) is 0 Å². The van der Waals surface area contributed by atoms with E-state index < -0.39 is 12.2 Å². The molecule has 0 bridgehead atoms. The first-order valence-corrected chi connectivity index (χ1v) is 20.0. The van der Waals surface area contributed by atoms with Crippen LogP contribution in [0.25, 0.3) is 0 Å². The predicted molar refractivity (Wildman–Crippen MR) is 188 cm³/mol. The van der Waals surface area contributed by atoms with Crippen molar-refractivity contribution in [3.05, 3.63) is 0 Å². The maximum absolute atomic E-state index is 10.7. The lowest BCUT2D eigenvalue weighted by Crippen LogP contribution is -2.40. The van der Waals surface area contributed by atoms with E-state index in [2.05, 4.69) is 27.7 Å². The molecule has 4 saturated carbocycles. The average molecular weight is 681 g/mol. The smallest absolute Gasteiger partial charge is 0.104 e. The summed E-state index contributed by atoms with van der Waals surface area (Å²) in [6.07, 6.45) is 19.3. The van der Waals surface area contributed by atoms with Gasteiger partial charge in [0.15, 0.2) is 0 Å². The van der Waals surface area contributed by atoms with Crippen molar-refractivity contribution in [3.8, 4) is 0 Å². The van der Waals surface area contributed by atoms with Crippen LogP contribution in [0.15, 0.2) is 0 Å². The molecule has 8 heteroatoms. The number of hydrogen-bond donors (Lipinski definition) is 2. The molecule has 5 fully saturated rings. The highest BCUT2D eigenvalue weighted by atomic mass is 16.6. The minimum absolute atomic E-state index is 0.251. The molecule has 280 valence electrons. The SMILES string of the molecule is COCC(O)COC1CCC(C(C)(C)C2CCC(OCC(O)COC3CCC(C(C)(C)C4CCC(OCC5CO5)CC4)CC3)CC2)CC1. The van der Waals surface area contributed by atoms with Crippen molar-refractivity contribution in [1.82, 2.24) is 0 Å². The van der Waals surface area contributed by atoms with Crippen molar-refractivity contribution in [2.45, 2.75) is 173 Å². The molecule has 48 heavy (non-hydrogen) atoms. The summed E-state index contributed by atoms with van der Waals surface area (Å²) in [5, 5.41) is 20.6. The van der Waals surface area contributed by atoms with Crippen LogP contribution in [0, 0.1) is 34.5 Å². The molecule has 0 aromatic heterocycles. The van der Waals surface area contributed by atoms with Crippen LogP contribution in [-0.2, 0) is 28.4 Å². The maximum atomic E-state index is 10.7. The predicted octanol–water partition coefficient (Wildman–Crippen LogP) is 7.11. The molecular weight excluding hydrogens is 608 g/mol. The standard InChI is InChI=1S/C40H72O8/c1-39(2,28-6-14-34(15-7-28)44-23-32(41)22-43-5)29-8-16-35(17-9-29)45-24-33(42)25-46-36-18-10-30(11-19-36)40(3,4)31-12-20-37(21-13-31)47-26-38-27-48-38/h28-38,41-42H,6-27H2,1-5H3. The van der Waals surface area contributed by atoms with E-state index in [1.807, 2.05) is 0 Å². The number of epoxide rings is 1. The Bertz CT molecular complexity index is 891. The Hall–Kier alpha value is -0.320. The van der Waals surface area contributed by atoms with Crippen LogP contribution in [0.4, 0.5) is 0 Å². The van der Waals surface area contributed by atoms with Crippen LogP contribution in [0.2, 0.25) is 0 Å². The van der Waals surface area contributed by atoms with E-state index in [-0.39, 0.29) is 18.3 Å². The van der Waals surface area contributed by atoms with Gasteiger partial charge in [0.05, 0.1) is 64.1 Å². The zero-order valence-electron chi connectivity index (χ0n) is 31.3. The van der Waals surface area contributed by atoms with Gasteiger partial charge >= 0.3 is 0 Å². The molecule has 0 aromatic carbocycles. The Morgan fingerprint density at radius 3 is 1.08 bits per heavy atom. The third-order valence-electron chi connectivity index (χ3n) is 13.8. The quantitative estimate of drug-likeness (QED) is 0.148. The van der Waals surface area contributed by atoms with Crippen molar-refractivity contribution < 1.29 is 38.6 Å². The van der Waals surface area contributed by atoms with Gasteiger partial charge in [-0.05, 0) is 137 Å². The minimum Gasteiger partial charge on any atom is -0.388 e. The summed E-state index contributed by atoms with van der Waals surface area (Å²) in [6.45, 7) is 13.1. The first kappa shape index (κ1) is 38.9. The number of ether oxygens (including phenoxy) is 6. The molecule has 3 atom stereocenters. The molecule has 0 radical (unpaired) electrons. The van der Waals surface area contributed by atoms with E-state index in [9.17, 15) is 10.2 Å². The summed E-state index contributed by atoms with van der Waals surface area (Å²) in [5.41, 5.74) is 0.674. The Labute approximate surface area is 292 Å². The van der Waals surface area contributed by atoms with Crippen LogP contribution >= 0.6 is 0 Å². The topological polar surface area (TPSA) is 99.1 Å². The summed E-state index contributed by atoms with van der Waals surface area (Å²) < 4.78 is 34.9. The molecule has 4 aliphatic carbocycles. The number of hydrogen-bond acceptors (Lipinski definition) is 8. The Balaban J connectivity index is 0.912. The second-order valence-electron chi connectivity index (χ2n) is 17.6. The summed E-state index contributed by atoms with van der Waals surface area (Å²) in [7, 11) is 1.61. The first-order valence-electron chi connectivity index (χ1n) is 20.0. The average Bonchev–Trinajstić information content (AvgIpc) is 3.94. The normalized spacial score (nSPS) is 36.4. The van der Waals surface area contributed by atoms with E-state index in [1.54, 1.807) is 7.11 Å². The van der Waals surface area contributed by atoms with Gasteiger partial charge in [0, 0.05) is 7.11 Å². The monoisotopic (exact) mass is 681 g/mol.